The summed E-state index contributed by atoms with van der Waals surface area (Å²) < 4.78 is 5.06. The molecule has 0 bridgehead atoms. The van der Waals surface area contributed by atoms with E-state index in [-0.39, 0.29) is 5.97 Å². The van der Waals surface area contributed by atoms with Gasteiger partial charge in [-0.3, -0.25) is 4.79 Å². The predicted octanol–water partition coefficient (Wildman–Crippen LogP) is 3.70. The van der Waals surface area contributed by atoms with E-state index >= 15 is 0 Å². The molecule has 0 unspecified atom stereocenters. The molecule has 25 heavy (non-hydrogen) atoms. The normalized spacial score (nSPS) is 10.3. The van der Waals surface area contributed by atoms with Crippen molar-refractivity contribution in [3.05, 3.63) is 72.1 Å². The van der Waals surface area contributed by atoms with E-state index in [0.717, 1.165) is 22.8 Å². The largest absolute Gasteiger partial charge is 0.427 e. The Bertz CT molecular complexity index is 862. The molecule has 0 aliphatic carbocycles. The molecule has 0 saturated carbocycles. The Morgan fingerprint density at radius 2 is 1.80 bits per heavy atom. The molecular weight excluding hydrogens is 314 g/mol. The quantitative estimate of drug-likeness (QED) is 0.570. The fraction of sp³-hybridized carbons (Fsp3) is 0.150. The molecule has 1 N–H and O–H groups in total. The van der Waals surface area contributed by atoms with Crippen molar-refractivity contribution in [3.63, 3.8) is 0 Å². The highest BCUT2D eigenvalue weighted by Crippen LogP contribution is 2.23. The molecule has 0 saturated heterocycles. The van der Waals surface area contributed by atoms with E-state index in [2.05, 4.69) is 22.4 Å². The van der Waals surface area contributed by atoms with Crippen molar-refractivity contribution in [3.8, 4) is 17.0 Å². The highest BCUT2D eigenvalue weighted by molar-refractivity contribution is 5.70. The number of aromatic nitrogens is 2. The summed E-state index contributed by atoms with van der Waals surface area (Å²) in [5.41, 5.74) is 3.76. The number of ether oxygens (including phenoxy) is 1. The van der Waals surface area contributed by atoms with E-state index in [0.29, 0.717) is 12.2 Å². The summed E-state index contributed by atoms with van der Waals surface area (Å²) in [6, 6.07) is 17.4. The monoisotopic (exact) mass is 333 g/mol. The summed E-state index contributed by atoms with van der Waals surface area (Å²) in [4.78, 5) is 20.3. The highest BCUT2D eigenvalue weighted by Gasteiger charge is 2.09. The summed E-state index contributed by atoms with van der Waals surface area (Å²) in [6.45, 7) is 1.38. The van der Waals surface area contributed by atoms with Gasteiger partial charge in [-0.05, 0) is 29.8 Å². The molecule has 5 heteroatoms. The van der Waals surface area contributed by atoms with E-state index in [9.17, 15) is 4.79 Å². The van der Waals surface area contributed by atoms with Crippen molar-refractivity contribution in [2.75, 3.05) is 12.4 Å². The van der Waals surface area contributed by atoms with Crippen LogP contribution in [0.2, 0.25) is 0 Å². The topological polar surface area (TPSA) is 64.1 Å². The lowest BCUT2D eigenvalue weighted by molar-refractivity contribution is -0.131. The molecular formula is C20H19N3O2. The van der Waals surface area contributed by atoms with E-state index < -0.39 is 0 Å². The number of benzene rings is 2. The summed E-state index contributed by atoms with van der Waals surface area (Å²) >= 11 is 0. The predicted molar refractivity (Wildman–Crippen MR) is 97.6 cm³/mol. The van der Waals surface area contributed by atoms with Gasteiger partial charge in [0.15, 0.2) is 0 Å². The average molecular weight is 333 g/mol. The van der Waals surface area contributed by atoms with Crippen LogP contribution >= 0.6 is 0 Å². The SMILES string of the molecule is CNc1ncc(-c2ccc(OC(C)=O)cc2)nc1Cc1ccccc1. The molecule has 0 spiro atoms. The molecule has 3 aromatic rings. The molecule has 0 atom stereocenters. The fourth-order valence-electron chi connectivity index (χ4n) is 2.55. The van der Waals surface area contributed by atoms with Crippen molar-refractivity contribution >= 4 is 11.8 Å². The Labute approximate surface area is 146 Å². The van der Waals surface area contributed by atoms with Gasteiger partial charge in [-0.25, -0.2) is 9.97 Å². The van der Waals surface area contributed by atoms with Gasteiger partial charge in [-0.2, -0.15) is 0 Å². The second-order valence-corrected chi connectivity index (χ2v) is 5.58. The zero-order valence-corrected chi connectivity index (χ0v) is 14.2. The van der Waals surface area contributed by atoms with Crippen LogP contribution in [0.3, 0.4) is 0 Å². The van der Waals surface area contributed by atoms with Crippen molar-refractivity contribution < 1.29 is 9.53 Å². The third-order valence-electron chi connectivity index (χ3n) is 3.71. The van der Waals surface area contributed by atoms with Crippen LogP contribution in [0.25, 0.3) is 11.3 Å². The first-order chi connectivity index (χ1) is 12.2. The standard InChI is InChI=1S/C20H19N3O2/c1-14(24)25-17-10-8-16(9-11-17)19-13-22-20(21-2)18(23-19)12-15-6-4-3-5-7-15/h3-11,13H,12H2,1-2H3,(H,21,22). The summed E-state index contributed by atoms with van der Waals surface area (Å²) in [7, 11) is 1.84. The first-order valence-electron chi connectivity index (χ1n) is 8.02. The maximum Gasteiger partial charge on any atom is 0.308 e. The smallest absolute Gasteiger partial charge is 0.308 e. The third-order valence-corrected chi connectivity index (χ3v) is 3.71. The summed E-state index contributed by atoms with van der Waals surface area (Å²) in [5.74, 6) is 0.945. The molecule has 5 nitrogen and oxygen atoms in total. The van der Waals surface area contributed by atoms with E-state index in [1.807, 2.05) is 37.4 Å². The summed E-state index contributed by atoms with van der Waals surface area (Å²) in [5, 5.41) is 3.09. The van der Waals surface area contributed by atoms with Gasteiger partial charge in [0.2, 0.25) is 0 Å². The van der Waals surface area contributed by atoms with Crippen molar-refractivity contribution in [2.45, 2.75) is 13.3 Å². The zero-order chi connectivity index (χ0) is 17.6. The minimum absolute atomic E-state index is 0.337. The van der Waals surface area contributed by atoms with Gasteiger partial charge >= 0.3 is 5.97 Å². The van der Waals surface area contributed by atoms with Gasteiger partial charge in [0.05, 0.1) is 17.6 Å². The van der Waals surface area contributed by atoms with Crippen LogP contribution in [0.15, 0.2) is 60.8 Å². The lowest BCUT2D eigenvalue weighted by Gasteiger charge is -2.10. The summed E-state index contributed by atoms with van der Waals surface area (Å²) in [6.07, 6.45) is 2.44. The van der Waals surface area contributed by atoms with Crippen LogP contribution in [-0.2, 0) is 11.2 Å². The number of hydrogen-bond acceptors (Lipinski definition) is 5. The number of nitrogens with zero attached hydrogens (tertiary/aromatic N) is 2. The van der Waals surface area contributed by atoms with Crippen LogP contribution in [0.5, 0.6) is 5.75 Å². The van der Waals surface area contributed by atoms with E-state index in [1.54, 1.807) is 18.3 Å². The lowest BCUT2D eigenvalue weighted by atomic mass is 10.1. The van der Waals surface area contributed by atoms with Crippen LogP contribution in [-0.4, -0.2) is 23.0 Å². The number of carbonyl (C=O) groups excluding carboxylic acids is 1. The molecule has 1 aromatic heterocycles. The van der Waals surface area contributed by atoms with Crippen LogP contribution < -0.4 is 10.1 Å². The van der Waals surface area contributed by atoms with E-state index in [4.69, 9.17) is 9.72 Å². The average Bonchev–Trinajstić information content (AvgIpc) is 2.63. The second-order valence-electron chi connectivity index (χ2n) is 5.58. The molecule has 0 fully saturated rings. The molecule has 2 aromatic carbocycles. The fourth-order valence-corrected chi connectivity index (χ4v) is 2.55. The number of rotatable bonds is 5. The van der Waals surface area contributed by atoms with Gasteiger partial charge in [-0.1, -0.05) is 30.3 Å². The number of anilines is 1. The molecule has 0 aliphatic heterocycles. The van der Waals surface area contributed by atoms with E-state index in [1.165, 1.54) is 12.5 Å². The lowest BCUT2D eigenvalue weighted by Crippen LogP contribution is -2.04. The molecule has 0 radical (unpaired) electrons. The van der Waals surface area contributed by atoms with Gasteiger partial charge in [-0.15, -0.1) is 0 Å². The van der Waals surface area contributed by atoms with Crippen molar-refractivity contribution in [1.82, 2.24) is 9.97 Å². The minimum atomic E-state index is -0.337. The highest BCUT2D eigenvalue weighted by atomic mass is 16.5. The van der Waals surface area contributed by atoms with Gasteiger partial charge in [0.1, 0.15) is 11.6 Å². The van der Waals surface area contributed by atoms with Crippen LogP contribution in [0.4, 0.5) is 5.82 Å². The van der Waals surface area contributed by atoms with Gasteiger partial charge in [0, 0.05) is 26.0 Å². The first kappa shape index (κ1) is 16.6. The number of hydrogen-bond donors (Lipinski definition) is 1. The third kappa shape index (κ3) is 4.20. The molecule has 0 aliphatic rings. The Kier molecular flexibility index (Phi) is 5.04. The Hall–Kier alpha value is -3.21. The molecule has 3 rings (SSSR count). The number of nitrogens with one attached hydrogen (secondary N) is 1. The Morgan fingerprint density at radius 1 is 1.08 bits per heavy atom. The molecule has 0 amide bonds. The number of esters is 1. The van der Waals surface area contributed by atoms with Gasteiger partial charge in [0.25, 0.3) is 0 Å². The second kappa shape index (κ2) is 7.57. The van der Waals surface area contributed by atoms with Crippen LogP contribution in [0, 0.1) is 0 Å². The van der Waals surface area contributed by atoms with Crippen molar-refractivity contribution in [1.29, 1.82) is 0 Å². The maximum atomic E-state index is 11.0. The first-order valence-corrected chi connectivity index (χ1v) is 8.02. The minimum Gasteiger partial charge on any atom is -0.427 e. The Morgan fingerprint density at radius 3 is 2.44 bits per heavy atom. The molecule has 126 valence electrons. The van der Waals surface area contributed by atoms with Gasteiger partial charge < -0.3 is 10.1 Å². The number of carbonyl (C=O) groups is 1. The van der Waals surface area contributed by atoms with Crippen molar-refractivity contribution in [2.24, 2.45) is 0 Å². The molecule has 1 heterocycles. The zero-order valence-electron chi connectivity index (χ0n) is 14.2. The van der Waals surface area contributed by atoms with Crippen LogP contribution in [0.1, 0.15) is 18.2 Å². The Balaban J connectivity index is 1.89. The maximum absolute atomic E-state index is 11.0.